The van der Waals surface area contributed by atoms with Crippen molar-refractivity contribution in [3.8, 4) is 23.0 Å². The number of rotatable bonds is 7. The van der Waals surface area contributed by atoms with Crippen LogP contribution in [0, 0.1) is 11.8 Å². The highest BCUT2D eigenvalue weighted by Gasteiger charge is 2.42. The van der Waals surface area contributed by atoms with E-state index in [0.29, 0.717) is 47.8 Å². The zero-order valence-corrected chi connectivity index (χ0v) is 19.6. The van der Waals surface area contributed by atoms with Crippen LogP contribution >= 0.6 is 0 Å². The van der Waals surface area contributed by atoms with Gasteiger partial charge in [0.05, 0.1) is 38.6 Å². The molecule has 4 unspecified atom stereocenters. The summed E-state index contributed by atoms with van der Waals surface area (Å²) < 4.78 is 23.7. The highest BCUT2D eigenvalue weighted by Crippen LogP contribution is 2.48. The molecule has 0 bridgehead atoms. The SMILES string of the molecule is COc1cc2c(cc1CCCO)OCC(C1COc3ccc(OC4CCCC4)cc3C1O)C2O. The molecule has 2 heterocycles. The van der Waals surface area contributed by atoms with Crippen LogP contribution in [-0.4, -0.2) is 48.4 Å². The van der Waals surface area contributed by atoms with Crippen LogP contribution in [0.3, 0.4) is 0 Å². The van der Waals surface area contributed by atoms with Gasteiger partial charge in [-0.25, -0.2) is 0 Å². The molecular formula is C27H34O7. The Bertz CT molecular complexity index is 1000. The van der Waals surface area contributed by atoms with Crippen LogP contribution in [0.5, 0.6) is 23.0 Å². The molecule has 184 valence electrons. The van der Waals surface area contributed by atoms with Gasteiger partial charge in [0.1, 0.15) is 23.0 Å². The lowest BCUT2D eigenvalue weighted by Crippen LogP contribution is -2.40. The fraction of sp³-hybridized carbons (Fsp3) is 0.556. The van der Waals surface area contributed by atoms with Gasteiger partial charge in [0.2, 0.25) is 0 Å². The summed E-state index contributed by atoms with van der Waals surface area (Å²) in [5, 5.41) is 31.8. The number of aliphatic hydroxyl groups is 3. The van der Waals surface area contributed by atoms with E-state index in [1.165, 1.54) is 12.8 Å². The lowest BCUT2D eigenvalue weighted by Gasteiger charge is -2.40. The van der Waals surface area contributed by atoms with E-state index >= 15 is 0 Å². The van der Waals surface area contributed by atoms with E-state index in [-0.39, 0.29) is 31.2 Å². The number of aliphatic hydroxyl groups excluding tert-OH is 3. The molecule has 4 atom stereocenters. The zero-order valence-electron chi connectivity index (χ0n) is 19.6. The second-order valence-electron chi connectivity index (χ2n) is 9.59. The summed E-state index contributed by atoms with van der Waals surface area (Å²) in [5.41, 5.74) is 2.28. The molecule has 2 aromatic carbocycles. The minimum absolute atomic E-state index is 0.0975. The number of hydrogen-bond acceptors (Lipinski definition) is 7. The average Bonchev–Trinajstić information content (AvgIpc) is 3.36. The molecule has 0 radical (unpaired) electrons. The predicted molar refractivity (Wildman–Crippen MR) is 126 cm³/mol. The van der Waals surface area contributed by atoms with Crippen molar-refractivity contribution in [1.29, 1.82) is 0 Å². The Morgan fingerprint density at radius 1 is 0.912 bits per heavy atom. The number of hydrogen-bond donors (Lipinski definition) is 3. The van der Waals surface area contributed by atoms with E-state index in [9.17, 15) is 15.3 Å². The van der Waals surface area contributed by atoms with Gasteiger partial charge in [-0.1, -0.05) is 0 Å². The summed E-state index contributed by atoms with van der Waals surface area (Å²) in [6, 6.07) is 9.35. The number of fused-ring (bicyclic) bond motifs is 2. The maximum Gasteiger partial charge on any atom is 0.125 e. The molecule has 0 saturated heterocycles. The van der Waals surface area contributed by atoms with E-state index in [1.54, 1.807) is 7.11 Å². The van der Waals surface area contributed by atoms with E-state index in [0.717, 1.165) is 24.2 Å². The Labute approximate surface area is 200 Å². The fourth-order valence-corrected chi connectivity index (χ4v) is 5.52. The minimum Gasteiger partial charge on any atom is -0.496 e. The van der Waals surface area contributed by atoms with Crippen LogP contribution in [0.15, 0.2) is 30.3 Å². The van der Waals surface area contributed by atoms with Crippen LogP contribution in [0.2, 0.25) is 0 Å². The normalized spacial score (nSPS) is 26.2. The van der Waals surface area contributed by atoms with E-state index in [2.05, 4.69) is 0 Å². The van der Waals surface area contributed by atoms with Crippen LogP contribution in [-0.2, 0) is 6.42 Å². The average molecular weight is 471 g/mol. The summed E-state index contributed by atoms with van der Waals surface area (Å²) >= 11 is 0. The number of aryl methyl sites for hydroxylation is 1. The van der Waals surface area contributed by atoms with Crippen molar-refractivity contribution in [3.05, 3.63) is 47.0 Å². The fourth-order valence-electron chi connectivity index (χ4n) is 5.52. The molecule has 1 fully saturated rings. The molecule has 0 spiro atoms. The second kappa shape index (κ2) is 10.0. The molecule has 2 aliphatic heterocycles. The summed E-state index contributed by atoms with van der Waals surface area (Å²) in [6.07, 6.45) is 4.40. The molecule has 7 nitrogen and oxygen atoms in total. The van der Waals surface area contributed by atoms with E-state index in [1.807, 2.05) is 30.3 Å². The molecule has 0 aromatic heterocycles. The largest absolute Gasteiger partial charge is 0.496 e. The van der Waals surface area contributed by atoms with Gasteiger partial charge in [0, 0.05) is 29.6 Å². The van der Waals surface area contributed by atoms with Gasteiger partial charge >= 0.3 is 0 Å². The third-order valence-corrected chi connectivity index (χ3v) is 7.46. The molecule has 34 heavy (non-hydrogen) atoms. The molecule has 0 amide bonds. The lowest BCUT2D eigenvalue weighted by atomic mass is 9.77. The van der Waals surface area contributed by atoms with Gasteiger partial charge in [-0.3, -0.25) is 0 Å². The maximum atomic E-state index is 11.3. The first-order valence-electron chi connectivity index (χ1n) is 12.3. The molecule has 7 heteroatoms. The zero-order chi connectivity index (χ0) is 23.7. The van der Waals surface area contributed by atoms with Gasteiger partial charge in [-0.05, 0) is 74.4 Å². The smallest absolute Gasteiger partial charge is 0.125 e. The predicted octanol–water partition coefficient (Wildman–Crippen LogP) is 3.73. The third-order valence-electron chi connectivity index (χ3n) is 7.46. The summed E-state index contributed by atoms with van der Waals surface area (Å²) in [4.78, 5) is 0. The van der Waals surface area contributed by atoms with Gasteiger partial charge in [0.15, 0.2) is 0 Å². The molecule has 3 N–H and O–H groups in total. The van der Waals surface area contributed by atoms with Crippen molar-refractivity contribution in [1.82, 2.24) is 0 Å². The van der Waals surface area contributed by atoms with Crippen molar-refractivity contribution < 1.29 is 34.3 Å². The van der Waals surface area contributed by atoms with Crippen LogP contribution in [0.4, 0.5) is 0 Å². The summed E-state index contributed by atoms with van der Waals surface area (Å²) in [6.45, 7) is 0.669. The first-order valence-corrected chi connectivity index (χ1v) is 12.3. The molecule has 1 saturated carbocycles. The molecule has 5 rings (SSSR count). The van der Waals surface area contributed by atoms with Gasteiger partial charge in [-0.15, -0.1) is 0 Å². The standard InChI is InChI=1S/C27H34O7/c1-31-24-13-20-25(11-16(24)5-4-10-28)33-15-22(27(20)30)21-14-32-23-9-8-18(12-19(23)26(21)29)34-17-6-2-3-7-17/h8-9,11-13,17,21-22,26-30H,2-7,10,14-15H2,1H3. The number of methoxy groups -OCH3 is 1. The quantitative estimate of drug-likeness (QED) is 0.567. The molecule has 1 aliphatic carbocycles. The van der Waals surface area contributed by atoms with Crippen molar-refractivity contribution in [2.45, 2.75) is 56.8 Å². The van der Waals surface area contributed by atoms with Crippen LogP contribution in [0.25, 0.3) is 0 Å². The lowest BCUT2D eigenvalue weighted by molar-refractivity contribution is -0.0553. The topological polar surface area (TPSA) is 97.6 Å². The van der Waals surface area contributed by atoms with E-state index in [4.69, 9.17) is 18.9 Å². The molecule has 3 aliphatic rings. The Morgan fingerprint density at radius 3 is 2.26 bits per heavy atom. The first kappa shape index (κ1) is 23.3. The summed E-state index contributed by atoms with van der Waals surface area (Å²) in [5.74, 6) is 2.01. The Morgan fingerprint density at radius 2 is 1.59 bits per heavy atom. The molecule has 2 aromatic rings. The van der Waals surface area contributed by atoms with Crippen molar-refractivity contribution in [2.75, 3.05) is 26.9 Å². The molecular weight excluding hydrogens is 436 g/mol. The van der Waals surface area contributed by atoms with Crippen molar-refractivity contribution in [2.24, 2.45) is 11.8 Å². The highest BCUT2D eigenvalue weighted by molar-refractivity contribution is 5.49. The minimum atomic E-state index is -0.827. The van der Waals surface area contributed by atoms with Crippen molar-refractivity contribution in [3.63, 3.8) is 0 Å². The van der Waals surface area contributed by atoms with E-state index < -0.39 is 12.2 Å². The van der Waals surface area contributed by atoms with Gasteiger partial charge in [-0.2, -0.15) is 0 Å². The Hall–Kier alpha value is -2.48. The van der Waals surface area contributed by atoms with Crippen LogP contribution in [0.1, 0.15) is 61.0 Å². The van der Waals surface area contributed by atoms with Crippen LogP contribution < -0.4 is 18.9 Å². The summed E-state index contributed by atoms with van der Waals surface area (Å²) in [7, 11) is 1.60. The Kier molecular flexibility index (Phi) is 6.86. The second-order valence-corrected chi connectivity index (χ2v) is 9.59. The highest BCUT2D eigenvalue weighted by atomic mass is 16.5. The maximum absolute atomic E-state index is 11.3. The number of benzene rings is 2. The first-order chi connectivity index (χ1) is 16.6. The van der Waals surface area contributed by atoms with Gasteiger partial charge in [0.25, 0.3) is 0 Å². The Balaban J connectivity index is 1.36. The van der Waals surface area contributed by atoms with Gasteiger partial charge < -0.3 is 34.3 Å². The van der Waals surface area contributed by atoms with Crippen molar-refractivity contribution >= 4 is 0 Å². The monoisotopic (exact) mass is 470 g/mol. The number of ether oxygens (including phenoxy) is 4. The third kappa shape index (κ3) is 4.44.